The van der Waals surface area contributed by atoms with Crippen molar-refractivity contribution in [3.05, 3.63) is 76.9 Å². The maximum atomic E-state index is 14.6. The van der Waals surface area contributed by atoms with Gasteiger partial charge in [-0.05, 0) is 84.9 Å². The molecule has 0 N–H and O–H groups in total. The van der Waals surface area contributed by atoms with Crippen molar-refractivity contribution in [1.82, 2.24) is 0 Å². The van der Waals surface area contributed by atoms with Gasteiger partial charge in [-0.2, -0.15) is 0 Å². The Hall–Kier alpha value is -3.48. The van der Waals surface area contributed by atoms with Crippen LogP contribution in [0.5, 0.6) is 0 Å². The molecule has 0 fully saturated rings. The third-order valence-corrected chi connectivity index (χ3v) is 13.6. The van der Waals surface area contributed by atoms with E-state index in [-0.39, 0.29) is 5.91 Å². The van der Waals surface area contributed by atoms with Crippen LogP contribution in [0.15, 0.2) is 54.6 Å². The lowest BCUT2D eigenvalue weighted by molar-refractivity contribution is 0.0998. The van der Waals surface area contributed by atoms with Gasteiger partial charge in [0.2, 0.25) is 0 Å². The molecular formula is C36H35NOSi2. The van der Waals surface area contributed by atoms with Gasteiger partial charge in [0.05, 0.1) is 28.3 Å². The van der Waals surface area contributed by atoms with E-state index in [9.17, 15) is 4.79 Å². The van der Waals surface area contributed by atoms with E-state index in [4.69, 9.17) is 0 Å². The molecule has 2 nitrogen and oxygen atoms in total. The Morgan fingerprint density at radius 1 is 0.625 bits per heavy atom. The van der Waals surface area contributed by atoms with Crippen molar-refractivity contribution in [1.29, 1.82) is 0 Å². The molecule has 4 heteroatoms. The molecule has 40 heavy (non-hydrogen) atoms. The summed E-state index contributed by atoms with van der Waals surface area (Å²) < 4.78 is 0. The number of amides is 1. The lowest BCUT2D eigenvalue weighted by atomic mass is 9.91. The number of hydrogen-bond donors (Lipinski definition) is 0. The molecule has 0 bridgehead atoms. The Morgan fingerprint density at radius 3 is 1.75 bits per heavy atom. The largest absolute Gasteiger partial charge is 0.304 e. The lowest BCUT2D eigenvalue weighted by Crippen LogP contribution is -2.38. The summed E-state index contributed by atoms with van der Waals surface area (Å²) in [6.07, 6.45) is 0. The molecule has 7 aromatic rings. The van der Waals surface area contributed by atoms with Crippen LogP contribution in [-0.4, -0.2) is 22.1 Å². The van der Waals surface area contributed by atoms with Crippen LogP contribution >= 0.6 is 0 Å². The van der Waals surface area contributed by atoms with Gasteiger partial charge in [-0.3, -0.25) is 4.79 Å². The van der Waals surface area contributed by atoms with E-state index in [0.717, 1.165) is 16.8 Å². The molecule has 198 valence electrons. The fraction of sp³-hybridized carbons (Fsp3) is 0.250. The first kappa shape index (κ1) is 24.3. The standard InChI is InChI=1S/C36H35NOSi2/c1-19-9-14-27(20(2)15-19)37-18-26-24-16-28(39(3,4)5)22-12-10-21-11-13-23-29(40(6,7)8)17-25(31(26)36(37)38)35-33(23)30(21)32(22)34(24)35/h9-17H,18H2,1-8H3. The summed E-state index contributed by atoms with van der Waals surface area (Å²) in [5, 5.41) is 16.6. The van der Waals surface area contributed by atoms with Gasteiger partial charge in [0.15, 0.2) is 0 Å². The highest BCUT2D eigenvalue weighted by molar-refractivity contribution is 6.91. The first-order valence-electron chi connectivity index (χ1n) is 14.5. The molecule has 0 aliphatic carbocycles. The first-order chi connectivity index (χ1) is 18.9. The normalized spacial score (nSPS) is 14.9. The van der Waals surface area contributed by atoms with Crippen LogP contribution in [0.4, 0.5) is 5.69 Å². The van der Waals surface area contributed by atoms with Crippen molar-refractivity contribution in [2.24, 2.45) is 0 Å². The molecule has 1 aliphatic heterocycles. The quantitative estimate of drug-likeness (QED) is 0.158. The highest BCUT2D eigenvalue weighted by atomic mass is 28.3. The van der Waals surface area contributed by atoms with Crippen molar-refractivity contribution < 1.29 is 4.79 Å². The highest BCUT2D eigenvalue weighted by Crippen LogP contribution is 2.51. The summed E-state index contributed by atoms with van der Waals surface area (Å²) in [4.78, 5) is 16.6. The topological polar surface area (TPSA) is 20.3 Å². The van der Waals surface area contributed by atoms with E-state index in [2.05, 4.69) is 108 Å². The zero-order valence-corrected chi connectivity index (χ0v) is 26.8. The van der Waals surface area contributed by atoms with E-state index < -0.39 is 16.1 Å². The van der Waals surface area contributed by atoms with Crippen molar-refractivity contribution >= 4 is 92.0 Å². The molecule has 0 spiro atoms. The average Bonchev–Trinajstić information content (AvgIpc) is 3.41. The zero-order chi connectivity index (χ0) is 28.0. The van der Waals surface area contributed by atoms with Gasteiger partial charge in [0.25, 0.3) is 5.91 Å². The second-order valence-electron chi connectivity index (χ2n) is 14.3. The van der Waals surface area contributed by atoms with Crippen LogP contribution in [0.25, 0.3) is 53.9 Å². The summed E-state index contributed by atoms with van der Waals surface area (Å²) >= 11 is 0. The summed E-state index contributed by atoms with van der Waals surface area (Å²) in [7, 11) is -3.41. The van der Waals surface area contributed by atoms with Gasteiger partial charge < -0.3 is 4.90 Å². The Bertz CT molecular complexity index is 2190. The molecule has 0 radical (unpaired) electrons. The third kappa shape index (κ3) is 2.91. The predicted octanol–water partition coefficient (Wildman–Crippen LogP) is 8.63. The molecule has 8 rings (SSSR count). The number of aryl methyl sites for hydroxylation is 2. The van der Waals surface area contributed by atoms with E-state index in [0.29, 0.717) is 6.54 Å². The molecule has 0 saturated heterocycles. The zero-order valence-electron chi connectivity index (χ0n) is 24.8. The molecule has 0 saturated carbocycles. The Kier molecular flexibility index (Phi) is 4.52. The Morgan fingerprint density at radius 2 is 1.18 bits per heavy atom. The van der Waals surface area contributed by atoms with Crippen molar-refractivity contribution in [2.45, 2.75) is 59.7 Å². The fourth-order valence-electron chi connectivity index (χ4n) is 7.81. The van der Waals surface area contributed by atoms with Gasteiger partial charge in [0.1, 0.15) is 0 Å². The van der Waals surface area contributed by atoms with Gasteiger partial charge in [-0.15, -0.1) is 0 Å². The van der Waals surface area contributed by atoms with Crippen molar-refractivity contribution in [3.8, 4) is 0 Å². The maximum absolute atomic E-state index is 14.6. The van der Waals surface area contributed by atoms with Crippen molar-refractivity contribution in [2.75, 3.05) is 4.90 Å². The minimum Gasteiger partial charge on any atom is -0.304 e. The average molecular weight is 554 g/mol. The SMILES string of the molecule is Cc1ccc(N2Cc3c(c4cc([Si](C)(C)C)c5ccc6ccc7c([Si](C)(C)C)cc3c3c7c6c5c43)C2=O)c(C)c1. The highest BCUT2D eigenvalue weighted by Gasteiger charge is 2.38. The van der Waals surface area contributed by atoms with Crippen molar-refractivity contribution in [3.63, 3.8) is 0 Å². The number of nitrogens with zero attached hydrogens (tertiary/aromatic N) is 1. The molecule has 1 amide bonds. The summed E-state index contributed by atoms with van der Waals surface area (Å²) in [5.41, 5.74) is 5.58. The monoisotopic (exact) mass is 553 g/mol. The van der Waals surface area contributed by atoms with Crippen LogP contribution < -0.4 is 15.3 Å². The number of fused-ring (bicyclic) bond motifs is 3. The van der Waals surface area contributed by atoms with Crippen LogP contribution in [0.2, 0.25) is 39.3 Å². The Balaban J connectivity index is 1.61. The summed E-state index contributed by atoms with van der Waals surface area (Å²) in [6, 6.07) is 20.8. The molecule has 1 aliphatic rings. The second kappa shape index (κ2) is 7.42. The van der Waals surface area contributed by atoms with Gasteiger partial charge in [-0.1, -0.05) is 104 Å². The Labute approximate surface area is 237 Å². The smallest absolute Gasteiger partial charge is 0.259 e. The summed E-state index contributed by atoms with van der Waals surface area (Å²) in [5.74, 6) is 0.155. The van der Waals surface area contributed by atoms with Crippen LogP contribution in [0.3, 0.4) is 0 Å². The molecule has 0 unspecified atom stereocenters. The number of anilines is 1. The van der Waals surface area contributed by atoms with Gasteiger partial charge in [-0.25, -0.2) is 0 Å². The fourth-order valence-corrected chi connectivity index (χ4v) is 11.0. The number of carbonyl (C=O) groups excluding carboxylic acids is 1. The van der Waals surface area contributed by atoms with Gasteiger partial charge in [0, 0.05) is 5.69 Å². The molecule has 0 atom stereocenters. The van der Waals surface area contributed by atoms with E-state index >= 15 is 0 Å². The third-order valence-electron chi connectivity index (χ3n) is 9.56. The van der Waals surface area contributed by atoms with Crippen LogP contribution in [-0.2, 0) is 6.54 Å². The van der Waals surface area contributed by atoms with Crippen LogP contribution in [0.1, 0.15) is 27.0 Å². The first-order valence-corrected chi connectivity index (χ1v) is 21.5. The predicted molar refractivity (Wildman–Crippen MR) is 180 cm³/mol. The minimum absolute atomic E-state index is 0.155. The number of benzene rings is 6. The van der Waals surface area contributed by atoms with Gasteiger partial charge >= 0.3 is 0 Å². The minimum atomic E-state index is -1.72. The molecule has 1 heterocycles. The van der Waals surface area contributed by atoms with E-state index in [1.54, 1.807) is 0 Å². The number of carbonyl (C=O) groups is 1. The number of rotatable bonds is 3. The second-order valence-corrected chi connectivity index (χ2v) is 24.4. The summed E-state index contributed by atoms with van der Waals surface area (Å²) in [6.45, 7) is 19.6. The molecular weight excluding hydrogens is 519 g/mol. The number of hydrogen-bond acceptors (Lipinski definition) is 1. The van der Waals surface area contributed by atoms with E-state index in [1.165, 1.54) is 75.4 Å². The maximum Gasteiger partial charge on any atom is 0.259 e. The van der Waals surface area contributed by atoms with Crippen LogP contribution in [0, 0.1) is 13.8 Å². The molecule has 0 aromatic heterocycles. The lowest BCUT2D eigenvalue weighted by Gasteiger charge is -2.22. The van der Waals surface area contributed by atoms with E-state index in [1.807, 2.05) is 4.90 Å². The molecule has 7 aromatic carbocycles.